The van der Waals surface area contributed by atoms with E-state index in [0.717, 1.165) is 62.2 Å². The lowest BCUT2D eigenvalue weighted by Crippen LogP contribution is -2.47. The van der Waals surface area contributed by atoms with E-state index in [1.54, 1.807) is 10.6 Å². The summed E-state index contributed by atoms with van der Waals surface area (Å²) < 4.78 is 33.2. The fourth-order valence-corrected chi connectivity index (χ4v) is 7.13. The Bertz CT molecular complexity index is 979. The Labute approximate surface area is 171 Å². The third-order valence-electron chi connectivity index (χ3n) is 7.22. The smallest absolute Gasteiger partial charge is 0.214 e. The number of anilines is 1. The zero-order valence-corrected chi connectivity index (χ0v) is 17.7. The van der Waals surface area contributed by atoms with Crippen molar-refractivity contribution in [2.45, 2.75) is 38.1 Å². The molecule has 2 aromatic heterocycles. The van der Waals surface area contributed by atoms with Crippen molar-refractivity contribution in [3.63, 3.8) is 0 Å². The van der Waals surface area contributed by atoms with Gasteiger partial charge in [-0.05, 0) is 49.5 Å². The minimum absolute atomic E-state index is 0.155. The lowest BCUT2D eigenvalue weighted by molar-refractivity contribution is 0.0222. The minimum atomic E-state index is -3.19. The standard InChI is InChI=1S/C20H29N5O3S/c1-24(19-17-2-6-21-18(17)22-14-23-19)16-10-15(11-16)12-29(26,27)25-7-3-20(13-25)4-8-28-9-5-20/h2,6,14-16H,3-5,7-13H2,1H3,(H,21,22,23)/t15-,16+. The van der Waals surface area contributed by atoms with Crippen LogP contribution in [-0.4, -0.2) is 72.8 Å². The Hall–Kier alpha value is -1.71. The number of hydrogen-bond donors (Lipinski definition) is 1. The van der Waals surface area contributed by atoms with Crippen molar-refractivity contribution in [1.29, 1.82) is 0 Å². The van der Waals surface area contributed by atoms with Gasteiger partial charge >= 0.3 is 0 Å². The van der Waals surface area contributed by atoms with E-state index in [-0.39, 0.29) is 17.1 Å². The molecule has 1 N–H and O–H groups in total. The van der Waals surface area contributed by atoms with Gasteiger partial charge in [0.25, 0.3) is 0 Å². The number of rotatable bonds is 5. The van der Waals surface area contributed by atoms with Crippen LogP contribution in [0.2, 0.25) is 0 Å². The fourth-order valence-electron chi connectivity index (χ4n) is 5.21. The number of fused-ring (bicyclic) bond motifs is 1. The summed E-state index contributed by atoms with van der Waals surface area (Å²) in [6.07, 6.45) is 8.17. The number of hydrogen-bond acceptors (Lipinski definition) is 6. The number of nitrogens with one attached hydrogen (secondary N) is 1. The Morgan fingerprint density at radius 1 is 1.28 bits per heavy atom. The van der Waals surface area contributed by atoms with Crippen LogP contribution in [-0.2, 0) is 14.8 Å². The number of nitrogens with zero attached hydrogens (tertiary/aromatic N) is 4. The molecule has 4 heterocycles. The molecule has 5 rings (SSSR count). The van der Waals surface area contributed by atoms with Crippen LogP contribution in [0.4, 0.5) is 5.82 Å². The van der Waals surface area contributed by atoms with Crippen molar-refractivity contribution in [2.24, 2.45) is 11.3 Å². The molecule has 0 aromatic carbocycles. The van der Waals surface area contributed by atoms with Crippen molar-refractivity contribution in [1.82, 2.24) is 19.3 Å². The zero-order valence-electron chi connectivity index (χ0n) is 16.9. The van der Waals surface area contributed by atoms with Crippen LogP contribution in [0.1, 0.15) is 32.1 Å². The van der Waals surface area contributed by atoms with Crippen LogP contribution < -0.4 is 4.90 Å². The van der Waals surface area contributed by atoms with E-state index in [9.17, 15) is 8.42 Å². The van der Waals surface area contributed by atoms with E-state index in [2.05, 4.69) is 19.9 Å². The first-order valence-electron chi connectivity index (χ1n) is 10.5. The number of aromatic amines is 1. The average Bonchev–Trinajstić information content (AvgIpc) is 3.32. The lowest BCUT2D eigenvalue weighted by atomic mass is 9.80. The topological polar surface area (TPSA) is 91.4 Å². The van der Waals surface area contributed by atoms with Gasteiger partial charge in [0.15, 0.2) is 0 Å². The SMILES string of the molecule is CN(c1ncnc2[nH]ccc12)[C@H]1C[C@@H](CS(=O)(=O)N2CCC3(CCOCC3)C2)C1. The second-order valence-corrected chi connectivity index (χ2v) is 11.0. The molecule has 9 heteroatoms. The molecular formula is C20H29N5O3S. The molecule has 3 aliphatic rings. The molecule has 158 valence electrons. The van der Waals surface area contributed by atoms with Crippen molar-refractivity contribution < 1.29 is 13.2 Å². The third-order valence-corrected chi connectivity index (χ3v) is 9.21. The lowest BCUT2D eigenvalue weighted by Gasteiger charge is -2.42. The second kappa shape index (κ2) is 7.21. The molecule has 0 amide bonds. The Morgan fingerprint density at radius 2 is 2.07 bits per heavy atom. The number of ether oxygens (including phenoxy) is 1. The maximum Gasteiger partial charge on any atom is 0.214 e. The van der Waals surface area contributed by atoms with E-state index < -0.39 is 10.0 Å². The van der Waals surface area contributed by atoms with Crippen LogP contribution >= 0.6 is 0 Å². The van der Waals surface area contributed by atoms with E-state index in [4.69, 9.17) is 4.74 Å². The Balaban J connectivity index is 1.19. The van der Waals surface area contributed by atoms with Gasteiger partial charge in [0.2, 0.25) is 10.0 Å². The molecule has 8 nitrogen and oxygen atoms in total. The summed E-state index contributed by atoms with van der Waals surface area (Å²) in [4.78, 5) is 14.0. The van der Waals surface area contributed by atoms with Crippen LogP contribution in [0.3, 0.4) is 0 Å². The molecule has 29 heavy (non-hydrogen) atoms. The van der Waals surface area contributed by atoms with Gasteiger partial charge in [-0.3, -0.25) is 0 Å². The van der Waals surface area contributed by atoms with Crippen molar-refractivity contribution >= 4 is 26.9 Å². The molecular weight excluding hydrogens is 390 g/mol. The number of sulfonamides is 1. The fraction of sp³-hybridized carbons (Fsp3) is 0.700. The van der Waals surface area contributed by atoms with Gasteiger partial charge < -0.3 is 14.6 Å². The summed E-state index contributed by atoms with van der Waals surface area (Å²) in [5.74, 6) is 1.40. The molecule has 0 unspecified atom stereocenters. The summed E-state index contributed by atoms with van der Waals surface area (Å²) in [5.41, 5.74) is 0.985. The second-order valence-electron chi connectivity index (χ2n) is 9.01. The highest BCUT2D eigenvalue weighted by molar-refractivity contribution is 7.89. The van der Waals surface area contributed by atoms with Gasteiger partial charge in [-0.25, -0.2) is 22.7 Å². The summed E-state index contributed by atoms with van der Waals surface area (Å²) in [6, 6.07) is 2.31. The molecule has 2 saturated heterocycles. The summed E-state index contributed by atoms with van der Waals surface area (Å²) in [7, 11) is -1.15. The van der Waals surface area contributed by atoms with Crippen LogP contribution in [0.5, 0.6) is 0 Å². The predicted molar refractivity (Wildman–Crippen MR) is 111 cm³/mol. The molecule has 0 radical (unpaired) electrons. The first kappa shape index (κ1) is 19.3. The quantitative estimate of drug-likeness (QED) is 0.797. The molecule has 3 fully saturated rings. The van der Waals surface area contributed by atoms with E-state index >= 15 is 0 Å². The highest BCUT2D eigenvalue weighted by Crippen LogP contribution is 2.42. The monoisotopic (exact) mass is 419 g/mol. The van der Waals surface area contributed by atoms with E-state index in [0.29, 0.717) is 19.1 Å². The molecule has 1 saturated carbocycles. The van der Waals surface area contributed by atoms with Gasteiger partial charge in [-0.2, -0.15) is 0 Å². The largest absolute Gasteiger partial charge is 0.381 e. The molecule has 1 aliphatic carbocycles. The van der Waals surface area contributed by atoms with Gasteiger partial charge in [0, 0.05) is 45.6 Å². The van der Waals surface area contributed by atoms with Crippen molar-refractivity contribution in [2.75, 3.05) is 44.0 Å². The van der Waals surface area contributed by atoms with Crippen molar-refractivity contribution in [3.8, 4) is 0 Å². The van der Waals surface area contributed by atoms with Crippen LogP contribution in [0, 0.1) is 11.3 Å². The zero-order chi connectivity index (χ0) is 20.1. The number of aromatic nitrogens is 3. The Kier molecular flexibility index (Phi) is 4.79. The van der Waals surface area contributed by atoms with Crippen LogP contribution in [0.15, 0.2) is 18.6 Å². The summed E-state index contributed by atoms with van der Waals surface area (Å²) >= 11 is 0. The number of H-pyrrole nitrogens is 1. The first-order valence-corrected chi connectivity index (χ1v) is 12.1. The molecule has 0 atom stereocenters. The summed E-state index contributed by atoms with van der Waals surface area (Å²) in [6.45, 7) is 2.88. The maximum atomic E-state index is 13.0. The van der Waals surface area contributed by atoms with Gasteiger partial charge in [0.1, 0.15) is 17.8 Å². The molecule has 2 aromatic rings. The van der Waals surface area contributed by atoms with Gasteiger partial charge in [-0.1, -0.05) is 0 Å². The normalized spacial score (nSPS) is 27.3. The Morgan fingerprint density at radius 3 is 2.86 bits per heavy atom. The summed E-state index contributed by atoms with van der Waals surface area (Å²) in [5, 5.41) is 1.00. The molecule has 2 aliphatic heterocycles. The predicted octanol–water partition coefficient (Wildman–Crippen LogP) is 2.00. The van der Waals surface area contributed by atoms with Crippen molar-refractivity contribution in [3.05, 3.63) is 18.6 Å². The van der Waals surface area contributed by atoms with Gasteiger partial charge in [-0.15, -0.1) is 0 Å². The minimum Gasteiger partial charge on any atom is -0.381 e. The molecule has 0 bridgehead atoms. The van der Waals surface area contributed by atoms with Gasteiger partial charge in [0.05, 0.1) is 11.1 Å². The highest BCUT2D eigenvalue weighted by Gasteiger charge is 2.45. The van der Waals surface area contributed by atoms with E-state index in [1.165, 1.54) is 0 Å². The van der Waals surface area contributed by atoms with E-state index in [1.807, 2.05) is 19.3 Å². The van der Waals surface area contributed by atoms with Crippen LogP contribution in [0.25, 0.3) is 11.0 Å². The molecule has 1 spiro atoms. The third kappa shape index (κ3) is 3.53. The maximum absolute atomic E-state index is 13.0. The first-order chi connectivity index (χ1) is 14.0. The average molecular weight is 420 g/mol. The highest BCUT2D eigenvalue weighted by atomic mass is 32.2.